The van der Waals surface area contributed by atoms with E-state index in [1.165, 1.54) is 0 Å². The fraction of sp³-hybridized carbons (Fsp3) is 0.400. The minimum atomic E-state index is -1.89. The average molecular weight is 649 g/mol. The van der Waals surface area contributed by atoms with Crippen LogP contribution in [0.1, 0.15) is 49.4 Å². The smallest absolute Gasteiger partial charge is 0.417 e. The monoisotopic (exact) mass is 648 g/mol. The Kier molecular flexibility index (Phi) is 9.69. The van der Waals surface area contributed by atoms with Gasteiger partial charge in [-0.1, -0.05) is 142 Å². The molecule has 1 saturated carbocycles. The lowest BCUT2D eigenvalue weighted by atomic mass is 9.71. The van der Waals surface area contributed by atoms with Crippen LogP contribution in [-0.4, -0.2) is 48.5 Å². The third-order valence-electron chi connectivity index (χ3n) is 10.9. The molecule has 0 radical (unpaired) electrons. The van der Waals surface area contributed by atoms with Gasteiger partial charge in [0.05, 0.1) is 0 Å². The maximum absolute atomic E-state index is 7.27. The Balaban J connectivity index is 1.48. The van der Waals surface area contributed by atoms with Gasteiger partial charge in [0.15, 0.2) is 8.32 Å². The summed E-state index contributed by atoms with van der Waals surface area (Å²) in [5.41, 5.74) is 1.97. The molecule has 2 fully saturated rings. The third kappa shape index (κ3) is 6.18. The van der Waals surface area contributed by atoms with Crippen molar-refractivity contribution in [1.82, 2.24) is 0 Å². The van der Waals surface area contributed by atoms with Crippen LogP contribution in [0.4, 0.5) is 0 Å². The largest absolute Gasteiger partial charge is 0.461 e. The Labute approximate surface area is 282 Å². The molecule has 0 aromatic heterocycles. The Hall–Kier alpha value is -3.04. The highest BCUT2D eigenvalue weighted by molar-refractivity contribution is 6.74. The number of benzene rings is 4. The Bertz CT molecular complexity index is 1400. The van der Waals surface area contributed by atoms with Gasteiger partial charge in [-0.05, 0) is 58.5 Å². The Morgan fingerprint density at radius 2 is 0.957 bits per heavy atom. The molecular weight excluding hydrogens is 599 g/mol. The molecular formula is C40H49BO5Si. The second kappa shape index (κ2) is 13.5. The van der Waals surface area contributed by atoms with E-state index in [-0.39, 0.29) is 10.9 Å². The van der Waals surface area contributed by atoms with E-state index in [0.717, 1.165) is 35.3 Å². The molecule has 2 aliphatic rings. The predicted octanol–water partition coefficient (Wildman–Crippen LogP) is 8.85. The highest BCUT2D eigenvalue weighted by Gasteiger charge is 2.65. The van der Waals surface area contributed by atoms with Gasteiger partial charge in [-0.25, -0.2) is 0 Å². The zero-order valence-electron chi connectivity index (χ0n) is 28.9. The lowest BCUT2D eigenvalue weighted by Gasteiger charge is -2.47. The lowest BCUT2D eigenvalue weighted by molar-refractivity contribution is -0.136. The summed E-state index contributed by atoms with van der Waals surface area (Å²) in [6.45, 7) is 12.2. The van der Waals surface area contributed by atoms with E-state index < -0.39 is 38.8 Å². The summed E-state index contributed by atoms with van der Waals surface area (Å²) in [6.07, 6.45) is -0.165. The maximum Gasteiger partial charge on any atom is 0.461 e. The van der Waals surface area contributed by atoms with Crippen molar-refractivity contribution in [1.29, 1.82) is 0 Å². The first-order valence-electron chi connectivity index (χ1n) is 16.9. The van der Waals surface area contributed by atoms with Gasteiger partial charge in [0.2, 0.25) is 0 Å². The molecule has 4 atom stereocenters. The molecule has 0 unspecified atom stereocenters. The van der Waals surface area contributed by atoms with Crippen LogP contribution in [0, 0.1) is 5.92 Å². The lowest BCUT2D eigenvalue weighted by Crippen LogP contribution is -2.56. The molecule has 4 aromatic rings. The fourth-order valence-corrected chi connectivity index (χ4v) is 8.11. The summed E-state index contributed by atoms with van der Waals surface area (Å²) in [5.74, 6) is 0.568. The van der Waals surface area contributed by atoms with E-state index in [1.54, 1.807) is 14.2 Å². The van der Waals surface area contributed by atoms with Crippen molar-refractivity contribution in [3.63, 3.8) is 0 Å². The summed E-state index contributed by atoms with van der Waals surface area (Å²) >= 11 is 0. The van der Waals surface area contributed by atoms with Crippen LogP contribution in [0.3, 0.4) is 0 Å². The summed E-state index contributed by atoms with van der Waals surface area (Å²) in [4.78, 5) is 0. The SMILES string of the molecule is COC(c1ccccc1)(c1ccccc1)[C@@H]1OB([C@@H]2C[C@H]2CO[Si](C)(C)C(C)(C)C)O[C@H]1C(OC)(c1ccccc1)c1ccccc1. The van der Waals surface area contributed by atoms with Crippen molar-refractivity contribution >= 4 is 15.4 Å². The average Bonchev–Trinajstić information content (AvgIpc) is 3.75. The minimum Gasteiger partial charge on any atom is -0.417 e. The van der Waals surface area contributed by atoms with Crippen molar-refractivity contribution in [2.75, 3.05) is 20.8 Å². The van der Waals surface area contributed by atoms with Crippen molar-refractivity contribution in [2.45, 2.75) is 74.6 Å². The molecule has 4 aromatic carbocycles. The summed E-state index contributed by atoms with van der Waals surface area (Å²) in [5, 5.41) is 0.154. The molecule has 0 amide bonds. The standard InChI is InChI=1S/C40H49BO5Si/c1-38(2,3)47(6,7)44-29-30-28-35(30)41-45-36(39(42-4,31-20-12-8-13-21-31)32-22-14-9-15-23-32)37(46-41)40(43-5,33-24-16-10-17-25-33)34-26-18-11-19-27-34/h8-27,30,35-37H,28-29H2,1-7H3/t30-,35+,36+,37+/m0/s1. The number of ether oxygens (including phenoxy) is 2. The van der Waals surface area contributed by atoms with E-state index in [2.05, 4.69) is 131 Å². The van der Waals surface area contributed by atoms with Crippen LogP contribution in [0.5, 0.6) is 0 Å². The van der Waals surface area contributed by atoms with Crippen LogP contribution in [0.25, 0.3) is 0 Å². The number of methoxy groups -OCH3 is 2. The molecule has 246 valence electrons. The molecule has 7 heteroatoms. The van der Waals surface area contributed by atoms with E-state index in [9.17, 15) is 0 Å². The molecule has 1 aliphatic heterocycles. The highest BCUT2D eigenvalue weighted by Crippen LogP contribution is 2.56. The number of hydrogen-bond acceptors (Lipinski definition) is 5. The van der Waals surface area contributed by atoms with Gasteiger partial charge in [0, 0.05) is 20.8 Å². The molecule has 1 heterocycles. The summed E-state index contributed by atoms with van der Waals surface area (Å²) < 4.78 is 34.8. The number of hydrogen-bond donors (Lipinski definition) is 0. The van der Waals surface area contributed by atoms with Crippen molar-refractivity contribution < 1.29 is 23.2 Å². The first kappa shape index (κ1) is 33.8. The van der Waals surface area contributed by atoms with Gasteiger partial charge in [-0.2, -0.15) is 0 Å². The van der Waals surface area contributed by atoms with E-state index in [4.69, 9.17) is 23.2 Å². The fourth-order valence-electron chi connectivity index (χ4n) is 7.05. The van der Waals surface area contributed by atoms with Gasteiger partial charge in [-0.3, -0.25) is 0 Å². The van der Waals surface area contributed by atoms with Crippen molar-refractivity contribution in [3.8, 4) is 0 Å². The molecule has 1 saturated heterocycles. The van der Waals surface area contributed by atoms with Gasteiger partial charge in [-0.15, -0.1) is 0 Å². The van der Waals surface area contributed by atoms with E-state index in [1.807, 2.05) is 24.3 Å². The topological polar surface area (TPSA) is 46.2 Å². The first-order chi connectivity index (χ1) is 22.6. The molecule has 5 nitrogen and oxygen atoms in total. The zero-order valence-corrected chi connectivity index (χ0v) is 29.9. The minimum absolute atomic E-state index is 0.154. The predicted molar refractivity (Wildman–Crippen MR) is 192 cm³/mol. The second-order valence-electron chi connectivity index (χ2n) is 14.6. The van der Waals surface area contributed by atoms with Crippen LogP contribution < -0.4 is 0 Å². The van der Waals surface area contributed by atoms with Crippen LogP contribution in [-0.2, 0) is 34.4 Å². The molecule has 47 heavy (non-hydrogen) atoms. The second-order valence-corrected chi connectivity index (χ2v) is 19.4. The normalized spacial score (nSPS) is 22.0. The molecule has 0 spiro atoms. The molecule has 6 rings (SSSR count). The van der Waals surface area contributed by atoms with Gasteiger partial charge < -0.3 is 23.2 Å². The maximum atomic E-state index is 7.27. The van der Waals surface area contributed by atoms with Gasteiger partial charge in [0.1, 0.15) is 23.4 Å². The Morgan fingerprint density at radius 3 is 1.26 bits per heavy atom. The molecule has 1 aliphatic carbocycles. The van der Waals surface area contributed by atoms with Crippen LogP contribution in [0.15, 0.2) is 121 Å². The van der Waals surface area contributed by atoms with Crippen LogP contribution in [0.2, 0.25) is 23.9 Å². The quantitative estimate of drug-likeness (QED) is 0.144. The third-order valence-corrected chi connectivity index (χ3v) is 15.4. The van der Waals surface area contributed by atoms with Gasteiger partial charge in [0.25, 0.3) is 0 Å². The zero-order chi connectivity index (χ0) is 33.3. The number of rotatable bonds is 12. The molecule has 0 bridgehead atoms. The summed E-state index contributed by atoms with van der Waals surface area (Å²) in [6, 6.07) is 41.6. The van der Waals surface area contributed by atoms with Gasteiger partial charge >= 0.3 is 7.12 Å². The van der Waals surface area contributed by atoms with Crippen LogP contribution >= 0.6 is 0 Å². The first-order valence-corrected chi connectivity index (χ1v) is 19.8. The Morgan fingerprint density at radius 1 is 0.617 bits per heavy atom. The van der Waals surface area contributed by atoms with E-state index >= 15 is 0 Å². The van der Waals surface area contributed by atoms with Crippen molar-refractivity contribution in [2.24, 2.45) is 5.92 Å². The summed E-state index contributed by atoms with van der Waals surface area (Å²) in [7, 11) is 1.21. The highest BCUT2D eigenvalue weighted by atomic mass is 28.4. The van der Waals surface area contributed by atoms with E-state index in [0.29, 0.717) is 5.92 Å². The van der Waals surface area contributed by atoms with Crippen molar-refractivity contribution in [3.05, 3.63) is 144 Å². The molecule has 0 N–H and O–H groups in total.